The Kier molecular flexibility index (Phi) is 2.76. The molecule has 0 saturated heterocycles. The molecule has 1 aromatic heterocycles. The second-order valence-electron chi connectivity index (χ2n) is 4.25. The third kappa shape index (κ3) is 1.97. The van der Waals surface area contributed by atoms with Crippen molar-refractivity contribution >= 4 is 23.0 Å². The van der Waals surface area contributed by atoms with Crippen molar-refractivity contribution in [1.29, 1.82) is 0 Å². The fourth-order valence-electron chi connectivity index (χ4n) is 2.10. The van der Waals surface area contributed by atoms with Crippen LogP contribution in [0.3, 0.4) is 0 Å². The lowest BCUT2D eigenvalue weighted by Crippen LogP contribution is -2.11. The molecule has 4 nitrogen and oxygen atoms in total. The monoisotopic (exact) mass is 260 g/mol. The fourth-order valence-corrected chi connectivity index (χ4v) is 2.89. The third-order valence-electron chi connectivity index (χ3n) is 3.02. The van der Waals surface area contributed by atoms with Crippen LogP contribution in [-0.2, 0) is 6.42 Å². The lowest BCUT2D eigenvalue weighted by atomic mass is 10.0. The zero-order chi connectivity index (χ0) is 12.5. The highest BCUT2D eigenvalue weighted by atomic mass is 32.1. The smallest absolute Gasteiger partial charge is 0.355 e. The van der Waals surface area contributed by atoms with E-state index >= 15 is 0 Å². The molecule has 0 atom stereocenters. The number of aromatic nitrogens is 1. The van der Waals surface area contributed by atoms with E-state index in [9.17, 15) is 4.79 Å². The summed E-state index contributed by atoms with van der Waals surface area (Å²) in [5.41, 5.74) is 3.55. The molecule has 3 rings (SSSR count). The summed E-state index contributed by atoms with van der Waals surface area (Å²) in [7, 11) is 0. The fraction of sp³-hybridized carbons (Fsp3) is 0.231. The summed E-state index contributed by atoms with van der Waals surface area (Å²) in [5.74, 6) is -0.978. The maximum atomic E-state index is 10.8. The number of hydrogen-bond donors (Lipinski definition) is 2. The minimum Gasteiger partial charge on any atom is -0.476 e. The van der Waals surface area contributed by atoms with E-state index in [0.29, 0.717) is 0 Å². The largest absolute Gasteiger partial charge is 0.476 e. The van der Waals surface area contributed by atoms with Gasteiger partial charge in [-0.15, -0.1) is 11.3 Å². The molecule has 18 heavy (non-hydrogen) atoms. The van der Waals surface area contributed by atoms with Crippen LogP contribution in [0, 0.1) is 0 Å². The van der Waals surface area contributed by atoms with E-state index < -0.39 is 5.97 Å². The van der Waals surface area contributed by atoms with Gasteiger partial charge in [0.15, 0.2) is 5.69 Å². The van der Waals surface area contributed by atoms with E-state index in [4.69, 9.17) is 5.11 Å². The number of carbonyl (C=O) groups is 1. The molecule has 92 valence electrons. The van der Waals surface area contributed by atoms with E-state index in [0.717, 1.165) is 35.6 Å². The molecule has 1 aliphatic rings. The van der Waals surface area contributed by atoms with Gasteiger partial charge in [-0.25, -0.2) is 9.78 Å². The van der Waals surface area contributed by atoms with Gasteiger partial charge in [0.05, 0.1) is 0 Å². The highest BCUT2D eigenvalue weighted by Crippen LogP contribution is 2.30. The molecule has 0 bridgehead atoms. The molecule has 0 radical (unpaired) electrons. The van der Waals surface area contributed by atoms with Gasteiger partial charge in [0.1, 0.15) is 5.01 Å². The number of thiazole rings is 1. The number of aromatic carboxylic acids is 1. The first-order valence-electron chi connectivity index (χ1n) is 5.80. The van der Waals surface area contributed by atoms with Crippen LogP contribution in [0.5, 0.6) is 0 Å². The lowest BCUT2D eigenvalue weighted by Gasteiger charge is -2.18. The number of nitrogens with zero attached hydrogens (tertiary/aromatic N) is 1. The van der Waals surface area contributed by atoms with Crippen LogP contribution >= 0.6 is 11.3 Å². The molecular formula is C13H12N2O2S. The summed E-state index contributed by atoms with van der Waals surface area (Å²) in [6.45, 7) is 0.995. The van der Waals surface area contributed by atoms with Gasteiger partial charge in [0.2, 0.25) is 0 Å². The Balaban J connectivity index is 1.98. The second kappa shape index (κ2) is 4.42. The molecule has 0 spiro atoms. The molecule has 0 saturated carbocycles. The van der Waals surface area contributed by atoms with Crippen molar-refractivity contribution < 1.29 is 9.90 Å². The van der Waals surface area contributed by atoms with E-state index in [-0.39, 0.29) is 5.69 Å². The van der Waals surface area contributed by atoms with Crippen LogP contribution in [0.15, 0.2) is 23.6 Å². The second-order valence-corrected chi connectivity index (χ2v) is 5.10. The quantitative estimate of drug-likeness (QED) is 0.871. The molecule has 1 aliphatic heterocycles. The molecule has 2 N–H and O–H groups in total. The molecule has 5 heteroatoms. The molecule has 2 aromatic rings. The van der Waals surface area contributed by atoms with E-state index in [1.54, 1.807) is 5.38 Å². The first-order chi connectivity index (χ1) is 8.74. The molecule has 1 aromatic carbocycles. The van der Waals surface area contributed by atoms with Crippen molar-refractivity contribution in [2.45, 2.75) is 12.8 Å². The SMILES string of the molecule is O=C(O)c1csc(-c2ccc3c(c2)NCCC3)n1. The average molecular weight is 260 g/mol. The summed E-state index contributed by atoms with van der Waals surface area (Å²) in [6, 6.07) is 6.16. The van der Waals surface area contributed by atoms with Gasteiger partial charge in [-0.1, -0.05) is 12.1 Å². The number of rotatable bonds is 2. The Hall–Kier alpha value is -1.88. The van der Waals surface area contributed by atoms with E-state index in [1.807, 2.05) is 6.07 Å². The predicted octanol–water partition coefficient (Wildman–Crippen LogP) is 2.87. The Labute approximate surface area is 108 Å². The molecule has 0 amide bonds. The van der Waals surface area contributed by atoms with Crippen molar-refractivity contribution in [3.63, 3.8) is 0 Å². The summed E-state index contributed by atoms with van der Waals surface area (Å²) >= 11 is 1.36. The normalized spacial score (nSPS) is 13.8. The molecule has 0 aliphatic carbocycles. The lowest BCUT2D eigenvalue weighted by molar-refractivity contribution is 0.0691. The van der Waals surface area contributed by atoms with Gasteiger partial charge in [-0.2, -0.15) is 0 Å². The third-order valence-corrected chi connectivity index (χ3v) is 3.91. The van der Waals surface area contributed by atoms with Crippen molar-refractivity contribution in [3.8, 4) is 10.6 Å². The molecular weight excluding hydrogens is 248 g/mol. The number of benzene rings is 1. The van der Waals surface area contributed by atoms with Gasteiger partial charge >= 0.3 is 5.97 Å². The van der Waals surface area contributed by atoms with Crippen molar-refractivity contribution in [2.24, 2.45) is 0 Å². The molecule has 0 unspecified atom stereocenters. The number of fused-ring (bicyclic) bond motifs is 1. The van der Waals surface area contributed by atoms with Crippen LogP contribution in [-0.4, -0.2) is 22.6 Å². The first kappa shape index (κ1) is 11.2. The summed E-state index contributed by atoms with van der Waals surface area (Å²) in [6.07, 6.45) is 2.26. The Morgan fingerprint density at radius 2 is 2.33 bits per heavy atom. The molecule has 0 fully saturated rings. The highest BCUT2D eigenvalue weighted by molar-refractivity contribution is 7.13. The maximum absolute atomic E-state index is 10.8. The number of hydrogen-bond acceptors (Lipinski definition) is 4. The topological polar surface area (TPSA) is 62.2 Å². The summed E-state index contributed by atoms with van der Waals surface area (Å²) < 4.78 is 0. The van der Waals surface area contributed by atoms with Gasteiger partial charge in [0.25, 0.3) is 0 Å². The van der Waals surface area contributed by atoms with Gasteiger partial charge in [-0.05, 0) is 24.5 Å². The number of carboxylic acids is 1. The summed E-state index contributed by atoms with van der Waals surface area (Å²) in [5, 5.41) is 14.6. The van der Waals surface area contributed by atoms with Crippen LogP contribution in [0.4, 0.5) is 5.69 Å². The molecule has 2 heterocycles. The Bertz CT molecular complexity index is 607. The number of aryl methyl sites for hydroxylation is 1. The predicted molar refractivity (Wildman–Crippen MR) is 71.3 cm³/mol. The first-order valence-corrected chi connectivity index (χ1v) is 6.68. The van der Waals surface area contributed by atoms with Crippen molar-refractivity contribution in [3.05, 3.63) is 34.8 Å². The maximum Gasteiger partial charge on any atom is 0.355 e. The zero-order valence-corrected chi connectivity index (χ0v) is 10.5. The van der Waals surface area contributed by atoms with Crippen molar-refractivity contribution in [2.75, 3.05) is 11.9 Å². The number of nitrogens with one attached hydrogen (secondary N) is 1. The van der Waals surface area contributed by atoms with Gasteiger partial charge < -0.3 is 10.4 Å². The van der Waals surface area contributed by atoms with E-state index in [1.165, 1.54) is 16.9 Å². The number of anilines is 1. The Morgan fingerprint density at radius 3 is 3.11 bits per heavy atom. The Morgan fingerprint density at radius 1 is 1.44 bits per heavy atom. The van der Waals surface area contributed by atoms with Gasteiger partial charge in [-0.3, -0.25) is 0 Å². The summed E-state index contributed by atoms with van der Waals surface area (Å²) in [4.78, 5) is 14.9. The van der Waals surface area contributed by atoms with E-state index in [2.05, 4.69) is 22.4 Å². The van der Waals surface area contributed by atoms with Crippen molar-refractivity contribution in [1.82, 2.24) is 4.98 Å². The number of carboxylic acid groups (broad SMARTS) is 1. The van der Waals surface area contributed by atoms with Crippen LogP contribution < -0.4 is 5.32 Å². The van der Waals surface area contributed by atoms with Gasteiger partial charge in [0, 0.05) is 23.2 Å². The zero-order valence-electron chi connectivity index (χ0n) is 9.64. The average Bonchev–Trinajstić information content (AvgIpc) is 2.88. The van der Waals surface area contributed by atoms with Crippen LogP contribution in [0.1, 0.15) is 22.5 Å². The standard InChI is InChI=1S/C13H12N2O2S/c16-13(17)11-7-18-12(15-11)9-4-3-8-2-1-5-14-10(8)6-9/h3-4,6-7,14H,1-2,5H2,(H,16,17). The minimum atomic E-state index is -0.978. The van der Waals surface area contributed by atoms with Crippen LogP contribution in [0.2, 0.25) is 0 Å². The minimum absolute atomic E-state index is 0.112. The van der Waals surface area contributed by atoms with Crippen LogP contribution in [0.25, 0.3) is 10.6 Å². The highest BCUT2D eigenvalue weighted by Gasteiger charge is 2.13.